The van der Waals surface area contributed by atoms with Gasteiger partial charge in [0.25, 0.3) is 0 Å². The number of hydrogen-bond acceptors (Lipinski definition) is 3. The van der Waals surface area contributed by atoms with Crippen LogP contribution in [0.5, 0.6) is 0 Å². The lowest BCUT2D eigenvalue weighted by atomic mass is 10.1. The fourth-order valence-electron chi connectivity index (χ4n) is 2.18. The predicted molar refractivity (Wildman–Crippen MR) is 82.9 cm³/mol. The summed E-state index contributed by atoms with van der Waals surface area (Å²) < 4.78 is 4.88. The third kappa shape index (κ3) is 15.5. The summed E-state index contributed by atoms with van der Waals surface area (Å²) in [6.07, 6.45) is 12.6. The number of ether oxygens (including phenoxy) is 1. The van der Waals surface area contributed by atoms with Gasteiger partial charge in [-0.1, -0.05) is 51.4 Å². The Balaban J connectivity index is 3.06. The first-order valence-electron chi connectivity index (χ1n) is 8.00. The van der Waals surface area contributed by atoms with Crippen molar-refractivity contribution in [2.75, 3.05) is 6.61 Å². The molecule has 0 radical (unpaired) electrons. The number of carbonyl (C=O) groups excluding carboxylic acids is 2. The normalized spacial score (nSPS) is 10.5. The summed E-state index contributed by atoms with van der Waals surface area (Å²) in [5, 5.41) is -0.215. The molecule has 0 heterocycles. The number of unbranched alkanes of at least 4 members (excludes halogenated alkanes) is 9. The topological polar surface area (TPSA) is 43.4 Å². The fraction of sp³-hybridized carbons (Fsp3) is 0.875. The highest BCUT2D eigenvalue weighted by atomic mass is 35.5. The van der Waals surface area contributed by atoms with Crippen LogP contribution in [0, 0.1) is 0 Å². The molecule has 0 unspecified atom stereocenters. The van der Waals surface area contributed by atoms with Gasteiger partial charge >= 0.3 is 5.97 Å². The number of carbonyl (C=O) groups is 2. The van der Waals surface area contributed by atoms with Gasteiger partial charge in [0.15, 0.2) is 0 Å². The molecule has 0 aromatic carbocycles. The van der Waals surface area contributed by atoms with E-state index in [1.54, 1.807) is 0 Å². The quantitative estimate of drug-likeness (QED) is 0.258. The molecule has 0 saturated carbocycles. The van der Waals surface area contributed by atoms with E-state index in [0.29, 0.717) is 19.4 Å². The lowest BCUT2D eigenvalue weighted by Gasteiger charge is -2.03. The third-order valence-electron chi connectivity index (χ3n) is 3.31. The molecule has 0 amide bonds. The zero-order valence-electron chi connectivity index (χ0n) is 12.8. The van der Waals surface area contributed by atoms with Crippen LogP contribution >= 0.6 is 11.6 Å². The van der Waals surface area contributed by atoms with Crippen molar-refractivity contribution < 1.29 is 14.3 Å². The Kier molecular flexibility index (Phi) is 14.4. The average molecular weight is 305 g/mol. The minimum absolute atomic E-state index is 0.0667. The molecule has 0 aliphatic carbocycles. The number of halogens is 1. The summed E-state index contributed by atoms with van der Waals surface area (Å²) in [6.45, 7) is 2.32. The van der Waals surface area contributed by atoms with Crippen molar-refractivity contribution in [3.05, 3.63) is 0 Å². The molecule has 0 aromatic heterocycles. The van der Waals surface area contributed by atoms with Gasteiger partial charge in [0.2, 0.25) is 5.24 Å². The highest BCUT2D eigenvalue weighted by Gasteiger charge is 2.00. The van der Waals surface area contributed by atoms with Gasteiger partial charge in [-0.25, -0.2) is 0 Å². The molecule has 0 rings (SSSR count). The van der Waals surface area contributed by atoms with Gasteiger partial charge in [-0.2, -0.15) is 0 Å². The van der Waals surface area contributed by atoms with Crippen molar-refractivity contribution in [3.63, 3.8) is 0 Å². The van der Waals surface area contributed by atoms with Crippen LogP contribution in [0.4, 0.5) is 0 Å². The molecule has 0 aromatic rings. The molecule has 0 aliphatic rings. The summed E-state index contributed by atoms with van der Waals surface area (Å²) in [5.74, 6) is -0.0667. The fourth-order valence-corrected chi connectivity index (χ4v) is 2.31. The van der Waals surface area contributed by atoms with Crippen molar-refractivity contribution >= 4 is 22.8 Å². The van der Waals surface area contributed by atoms with Crippen molar-refractivity contribution in [1.29, 1.82) is 0 Å². The van der Waals surface area contributed by atoms with Crippen LogP contribution in [0.2, 0.25) is 0 Å². The first kappa shape index (κ1) is 19.4. The lowest BCUT2D eigenvalue weighted by Crippen LogP contribution is -2.03. The smallest absolute Gasteiger partial charge is 0.305 e. The number of hydrogen-bond donors (Lipinski definition) is 0. The van der Waals surface area contributed by atoms with E-state index in [1.165, 1.54) is 38.5 Å². The van der Waals surface area contributed by atoms with Gasteiger partial charge in [-0.15, -0.1) is 0 Å². The van der Waals surface area contributed by atoms with Crippen molar-refractivity contribution in [2.45, 2.75) is 84.0 Å². The molecule has 4 heteroatoms. The van der Waals surface area contributed by atoms with Gasteiger partial charge in [0.05, 0.1) is 6.61 Å². The van der Waals surface area contributed by atoms with E-state index in [1.807, 2.05) is 6.92 Å². The molecule has 20 heavy (non-hydrogen) atoms. The van der Waals surface area contributed by atoms with Crippen LogP contribution in [-0.2, 0) is 14.3 Å². The zero-order valence-corrected chi connectivity index (χ0v) is 13.6. The second kappa shape index (κ2) is 14.8. The molecule has 3 nitrogen and oxygen atoms in total. The second-order valence-electron chi connectivity index (χ2n) is 5.20. The van der Waals surface area contributed by atoms with E-state index in [9.17, 15) is 9.59 Å². The Hall–Kier alpha value is -0.570. The Morgan fingerprint density at radius 3 is 1.55 bits per heavy atom. The molecular formula is C16H29ClO3. The molecule has 0 aliphatic heterocycles. The van der Waals surface area contributed by atoms with E-state index in [4.69, 9.17) is 16.3 Å². The second-order valence-corrected chi connectivity index (χ2v) is 5.62. The number of esters is 1. The van der Waals surface area contributed by atoms with Gasteiger partial charge in [-0.05, 0) is 31.4 Å². The molecule has 0 N–H and O–H groups in total. The Bertz CT molecular complexity index is 254. The first-order chi connectivity index (χ1) is 9.66. The van der Waals surface area contributed by atoms with E-state index < -0.39 is 0 Å². The van der Waals surface area contributed by atoms with Gasteiger partial charge in [0.1, 0.15) is 0 Å². The highest BCUT2D eigenvalue weighted by molar-refractivity contribution is 6.63. The Labute approximate surface area is 128 Å². The van der Waals surface area contributed by atoms with Crippen LogP contribution in [0.1, 0.15) is 84.0 Å². The maximum absolute atomic E-state index is 11.1. The van der Waals surface area contributed by atoms with E-state index >= 15 is 0 Å². The molecule has 0 spiro atoms. The van der Waals surface area contributed by atoms with E-state index in [-0.39, 0.29) is 11.2 Å². The summed E-state index contributed by atoms with van der Waals surface area (Å²) in [7, 11) is 0. The van der Waals surface area contributed by atoms with Crippen LogP contribution in [0.25, 0.3) is 0 Å². The van der Waals surface area contributed by atoms with Crippen molar-refractivity contribution in [1.82, 2.24) is 0 Å². The van der Waals surface area contributed by atoms with E-state index in [0.717, 1.165) is 25.7 Å². The largest absolute Gasteiger partial charge is 0.466 e. The molecule has 118 valence electrons. The zero-order chi connectivity index (χ0) is 15.1. The SMILES string of the molecule is CCOC(=O)CCCCCCCCCCCCC(=O)Cl. The minimum atomic E-state index is -0.215. The van der Waals surface area contributed by atoms with Crippen LogP contribution in [-0.4, -0.2) is 17.8 Å². The average Bonchev–Trinajstić information content (AvgIpc) is 2.40. The van der Waals surface area contributed by atoms with Crippen LogP contribution < -0.4 is 0 Å². The standard InChI is InChI=1S/C16H29ClO3/c1-2-20-16(19)14-12-10-8-6-4-3-5-7-9-11-13-15(17)18/h2-14H2,1H3. The first-order valence-corrected chi connectivity index (χ1v) is 8.38. The van der Waals surface area contributed by atoms with Crippen LogP contribution in [0.15, 0.2) is 0 Å². The summed E-state index contributed by atoms with van der Waals surface area (Å²) in [6, 6.07) is 0. The Morgan fingerprint density at radius 2 is 1.15 bits per heavy atom. The molecular weight excluding hydrogens is 276 g/mol. The maximum atomic E-state index is 11.1. The van der Waals surface area contributed by atoms with E-state index in [2.05, 4.69) is 0 Å². The van der Waals surface area contributed by atoms with Crippen molar-refractivity contribution in [2.24, 2.45) is 0 Å². The maximum Gasteiger partial charge on any atom is 0.305 e. The highest BCUT2D eigenvalue weighted by Crippen LogP contribution is 2.12. The van der Waals surface area contributed by atoms with Gasteiger partial charge < -0.3 is 4.74 Å². The lowest BCUT2D eigenvalue weighted by molar-refractivity contribution is -0.143. The van der Waals surface area contributed by atoms with Gasteiger partial charge in [-0.3, -0.25) is 9.59 Å². The monoisotopic (exact) mass is 304 g/mol. The van der Waals surface area contributed by atoms with Crippen LogP contribution in [0.3, 0.4) is 0 Å². The summed E-state index contributed by atoms with van der Waals surface area (Å²) in [4.78, 5) is 21.6. The summed E-state index contributed by atoms with van der Waals surface area (Å²) >= 11 is 5.27. The molecule has 0 atom stereocenters. The molecule has 0 fully saturated rings. The Morgan fingerprint density at radius 1 is 0.750 bits per heavy atom. The molecule has 0 saturated heterocycles. The van der Waals surface area contributed by atoms with Crippen molar-refractivity contribution in [3.8, 4) is 0 Å². The molecule has 0 bridgehead atoms. The van der Waals surface area contributed by atoms with Gasteiger partial charge in [0, 0.05) is 12.8 Å². The number of rotatable bonds is 14. The predicted octanol–water partition coefficient (Wildman–Crippen LogP) is 5.00. The summed E-state index contributed by atoms with van der Waals surface area (Å²) in [5.41, 5.74) is 0. The third-order valence-corrected chi connectivity index (χ3v) is 3.50. The minimum Gasteiger partial charge on any atom is -0.466 e.